The van der Waals surface area contributed by atoms with Crippen LogP contribution in [0, 0.1) is 0 Å². The first-order valence-electron chi connectivity index (χ1n) is 16.0. The minimum atomic E-state index is 0.0735. The number of amides is 1. The second-order valence-electron chi connectivity index (χ2n) is 11.2. The van der Waals surface area contributed by atoms with Gasteiger partial charge in [0.15, 0.2) is 11.5 Å². The van der Waals surface area contributed by atoms with Gasteiger partial charge in [-0.1, -0.05) is 95.0 Å². The topological polar surface area (TPSA) is 42.0 Å². The van der Waals surface area contributed by atoms with Crippen molar-refractivity contribution in [3.63, 3.8) is 0 Å². The fourth-order valence-corrected chi connectivity index (χ4v) is 5.07. The van der Waals surface area contributed by atoms with E-state index in [1.807, 2.05) is 65.6 Å². The van der Waals surface area contributed by atoms with Crippen LogP contribution in [0.4, 0.5) is 0 Å². The van der Waals surface area contributed by atoms with Crippen LogP contribution in [0.2, 0.25) is 0 Å². The van der Waals surface area contributed by atoms with Gasteiger partial charge in [-0.3, -0.25) is 4.79 Å². The van der Waals surface area contributed by atoms with Crippen molar-refractivity contribution in [3.8, 4) is 11.5 Å². The van der Waals surface area contributed by atoms with Crippen LogP contribution in [0.3, 0.4) is 0 Å². The molecule has 228 valence electrons. The Morgan fingerprint density at radius 1 is 0.667 bits per heavy atom. The smallest absolute Gasteiger partial charge is 0.254 e. The largest absolute Gasteiger partial charge is 0.493 e. The molecule has 5 nitrogen and oxygen atoms in total. The SMILES string of the molecule is CCCCCc1ccc(C(=O)N(CCN(CCCC)CCCC)Cc2ccc(OCc3ccccc3)c(OC)c2)cc1. The Morgan fingerprint density at radius 2 is 1.33 bits per heavy atom. The van der Waals surface area contributed by atoms with E-state index in [1.54, 1.807) is 7.11 Å². The van der Waals surface area contributed by atoms with Crippen molar-refractivity contribution in [3.05, 3.63) is 95.1 Å². The maximum atomic E-state index is 13.9. The minimum Gasteiger partial charge on any atom is -0.493 e. The van der Waals surface area contributed by atoms with E-state index in [4.69, 9.17) is 9.47 Å². The second-order valence-corrected chi connectivity index (χ2v) is 11.2. The first kappa shape index (κ1) is 33.2. The van der Waals surface area contributed by atoms with Crippen molar-refractivity contribution in [1.82, 2.24) is 9.80 Å². The van der Waals surface area contributed by atoms with E-state index < -0.39 is 0 Å². The third-order valence-electron chi connectivity index (χ3n) is 7.74. The second kappa shape index (κ2) is 19.0. The summed E-state index contributed by atoms with van der Waals surface area (Å²) in [7, 11) is 1.67. The van der Waals surface area contributed by atoms with E-state index in [2.05, 4.69) is 37.8 Å². The van der Waals surface area contributed by atoms with E-state index in [9.17, 15) is 4.79 Å². The van der Waals surface area contributed by atoms with E-state index in [0.29, 0.717) is 31.2 Å². The predicted octanol–water partition coefficient (Wildman–Crippen LogP) is 8.55. The molecule has 3 rings (SSSR count). The van der Waals surface area contributed by atoms with Gasteiger partial charge in [-0.25, -0.2) is 0 Å². The van der Waals surface area contributed by atoms with Crippen LogP contribution >= 0.6 is 0 Å². The Hall–Kier alpha value is -3.31. The summed E-state index contributed by atoms with van der Waals surface area (Å²) in [6, 6.07) is 24.4. The Morgan fingerprint density at radius 3 is 1.98 bits per heavy atom. The highest BCUT2D eigenvalue weighted by atomic mass is 16.5. The molecule has 0 aliphatic heterocycles. The number of hydrogen-bond donors (Lipinski definition) is 0. The Labute approximate surface area is 254 Å². The van der Waals surface area contributed by atoms with Crippen molar-refractivity contribution in [1.29, 1.82) is 0 Å². The third kappa shape index (κ3) is 11.2. The van der Waals surface area contributed by atoms with Gasteiger partial charge in [0.05, 0.1) is 7.11 Å². The molecular formula is C37H52N2O3. The predicted molar refractivity (Wildman–Crippen MR) is 174 cm³/mol. The summed E-state index contributed by atoms with van der Waals surface area (Å²) in [4.78, 5) is 18.4. The van der Waals surface area contributed by atoms with Crippen LogP contribution < -0.4 is 9.47 Å². The van der Waals surface area contributed by atoms with Gasteiger partial charge >= 0.3 is 0 Å². The zero-order valence-electron chi connectivity index (χ0n) is 26.4. The molecule has 0 atom stereocenters. The Balaban J connectivity index is 1.76. The average molecular weight is 573 g/mol. The summed E-state index contributed by atoms with van der Waals surface area (Å²) in [6.45, 7) is 11.4. The van der Waals surface area contributed by atoms with Crippen LogP contribution in [-0.2, 0) is 19.6 Å². The molecule has 5 heteroatoms. The van der Waals surface area contributed by atoms with Crippen molar-refractivity contribution in [2.45, 2.75) is 85.3 Å². The lowest BCUT2D eigenvalue weighted by atomic mass is 10.0. The molecule has 0 fully saturated rings. The van der Waals surface area contributed by atoms with Gasteiger partial charge in [0, 0.05) is 25.2 Å². The van der Waals surface area contributed by atoms with Crippen molar-refractivity contribution < 1.29 is 14.3 Å². The lowest BCUT2D eigenvalue weighted by Crippen LogP contribution is -2.39. The monoisotopic (exact) mass is 572 g/mol. The summed E-state index contributed by atoms with van der Waals surface area (Å²) in [6.07, 6.45) is 9.41. The molecule has 0 bridgehead atoms. The lowest BCUT2D eigenvalue weighted by molar-refractivity contribution is 0.0720. The molecule has 0 N–H and O–H groups in total. The molecule has 42 heavy (non-hydrogen) atoms. The highest BCUT2D eigenvalue weighted by molar-refractivity contribution is 5.94. The molecule has 3 aromatic carbocycles. The van der Waals surface area contributed by atoms with Crippen molar-refractivity contribution in [2.75, 3.05) is 33.3 Å². The molecular weight excluding hydrogens is 520 g/mol. The molecule has 0 heterocycles. The summed E-state index contributed by atoms with van der Waals surface area (Å²) in [5.74, 6) is 1.45. The normalized spacial score (nSPS) is 11.1. The highest BCUT2D eigenvalue weighted by Gasteiger charge is 2.19. The van der Waals surface area contributed by atoms with Gasteiger partial charge in [-0.15, -0.1) is 0 Å². The number of carbonyl (C=O) groups is 1. The number of rotatable bonds is 20. The number of hydrogen-bond acceptors (Lipinski definition) is 4. The maximum Gasteiger partial charge on any atom is 0.254 e. The van der Waals surface area contributed by atoms with Crippen LogP contribution in [-0.4, -0.2) is 49.0 Å². The molecule has 0 aromatic heterocycles. The number of benzene rings is 3. The van der Waals surface area contributed by atoms with Crippen LogP contribution in [0.25, 0.3) is 0 Å². The summed E-state index contributed by atoms with van der Waals surface area (Å²) in [5, 5.41) is 0. The Kier molecular flexibility index (Phi) is 15.0. The summed E-state index contributed by atoms with van der Waals surface area (Å²) in [5.41, 5.74) is 4.18. The molecule has 0 saturated carbocycles. The third-order valence-corrected chi connectivity index (χ3v) is 7.74. The van der Waals surface area contributed by atoms with Crippen molar-refractivity contribution in [2.24, 2.45) is 0 Å². The quantitative estimate of drug-likeness (QED) is 0.127. The van der Waals surface area contributed by atoms with Gasteiger partial charge in [0.25, 0.3) is 5.91 Å². The highest BCUT2D eigenvalue weighted by Crippen LogP contribution is 2.29. The number of methoxy groups -OCH3 is 1. The van der Waals surface area contributed by atoms with E-state index in [0.717, 1.165) is 42.7 Å². The van der Waals surface area contributed by atoms with Gasteiger partial charge in [0.2, 0.25) is 0 Å². The van der Waals surface area contributed by atoms with Crippen LogP contribution in [0.1, 0.15) is 92.8 Å². The van der Waals surface area contributed by atoms with E-state index in [-0.39, 0.29) is 5.91 Å². The zero-order valence-corrected chi connectivity index (χ0v) is 26.4. The zero-order chi connectivity index (χ0) is 30.0. The number of aryl methyl sites for hydroxylation is 1. The minimum absolute atomic E-state index is 0.0735. The molecule has 0 aliphatic carbocycles. The molecule has 0 aliphatic rings. The van der Waals surface area contributed by atoms with Gasteiger partial charge in [0.1, 0.15) is 6.61 Å². The number of nitrogens with zero attached hydrogens (tertiary/aromatic N) is 2. The molecule has 0 spiro atoms. The van der Waals surface area contributed by atoms with Gasteiger partial charge in [-0.2, -0.15) is 0 Å². The molecule has 0 radical (unpaired) electrons. The van der Waals surface area contributed by atoms with Gasteiger partial charge in [-0.05, 0) is 79.7 Å². The van der Waals surface area contributed by atoms with Crippen LogP contribution in [0.5, 0.6) is 11.5 Å². The average Bonchev–Trinajstić information content (AvgIpc) is 3.03. The van der Waals surface area contributed by atoms with E-state index in [1.165, 1.54) is 50.5 Å². The number of unbranched alkanes of at least 4 members (excludes halogenated alkanes) is 4. The standard InChI is InChI=1S/C37H52N2O3/c1-5-8-12-15-31-18-21-34(22-19-31)37(40)39(27-26-38(24-9-6-2)25-10-7-3)29-33-20-23-35(36(28-33)41-4)42-30-32-16-13-11-14-17-32/h11,13-14,16-23,28H,5-10,12,15,24-27,29-30H2,1-4H3. The molecule has 0 unspecified atom stereocenters. The van der Waals surface area contributed by atoms with E-state index >= 15 is 0 Å². The molecule has 1 amide bonds. The lowest BCUT2D eigenvalue weighted by Gasteiger charge is -2.28. The Bertz CT molecular complexity index is 1160. The van der Waals surface area contributed by atoms with Crippen LogP contribution in [0.15, 0.2) is 72.8 Å². The molecule has 0 saturated heterocycles. The maximum absolute atomic E-state index is 13.9. The summed E-state index contributed by atoms with van der Waals surface area (Å²) >= 11 is 0. The summed E-state index contributed by atoms with van der Waals surface area (Å²) < 4.78 is 11.8. The first-order chi connectivity index (χ1) is 20.6. The first-order valence-corrected chi connectivity index (χ1v) is 16.0. The van der Waals surface area contributed by atoms with Gasteiger partial charge < -0.3 is 19.3 Å². The fourth-order valence-electron chi connectivity index (χ4n) is 5.07. The number of ether oxygens (including phenoxy) is 2. The van der Waals surface area contributed by atoms with Crippen molar-refractivity contribution >= 4 is 5.91 Å². The molecule has 3 aromatic rings. The number of carbonyl (C=O) groups excluding carboxylic acids is 1. The fraction of sp³-hybridized carbons (Fsp3) is 0.486.